The monoisotopic (exact) mass is 340 g/mol. The van der Waals surface area contributed by atoms with Crippen molar-refractivity contribution in [1.82, 2.24) is 4.98 Å². The van der Waals surface area contributed by atoms with Crippen molar-refractivity contribution in [2.75, 3.05) is 11.4 Å². The number of amides is 1. The van der Waals surface area contributed by atoms with Crippen molar-refractivity contribution in [3.8, 4) is 0 Å². The van der Waals surface area contributed by atoms with Crippen LogP contribution in [0.1, 0.15) is 11.1 Å². The van der Waals surface area contributed by atoms with Crippen molar-refractivity contribution in [2.24, 2.45) is 0 Å². The fourth-order valence-electron chi connectivity index (χ4n) is 3.82. The third-order valence-corrected chi connectivity index (χ3v) is 5.05. The van der Waals surface area contributed by atoms with Crippen LogP contribution in [0.5, 0.6) is 0 Å². The molecular weight excluding hydrogens is 324 g/mol. The lowest BCUT2D eigenvalue weighted by Crippen LogP contribution is -2.33. The van der Waals surface area contributed by atoms with Crippen LogP contribution >= 0.6 is 0 Å². The molecule has 0 saturated heterocycles. The Morgan fingerprint density at radius 3 is 2.58 bits per heavy atom. The average Bonchev–Trinajstić information content (AvgIpc) is 3.11. The maximum Gasteiger partial charge on any atom is 0.412 e. The van der Waals surface area contributed by atoms with E-state index in [4.69, 9.17) is 0 Å². The summed E-state index contributed by atoms with van der Waals surface area (Å²) >= 11 is 0. The Morgan fingerprint density at radius 2 is 1.73 bits per heavy atom. The van der Waals surface area contributed by atoms with Crippen molar-refractivity contribution >= 4 is 45.1 Å². The summed E-state index contributed by atoms with van der Waals surface area (Å²) in [5.41, 5.74) is 4.78. The molecule has 0 fully saturated rings. The third kappa shape index (κ3) is 2.12. The highest BCUT2D eigenvalue weighted by Crippen LogP contribution is 2.38. The van der Waals surface area contributed by atoms with E-state index in [2.05, 4.69) is 23.2 Å². The van der Waals surface area contributed by atoms with Crippen molar-refractivity contribution in [1.29, 1.82) is 0 Å². The molecule has 2 heterocycles. The van der Waals surface area contributed by atoms with Crippen LogP contribution < -0.4 is 4.90 Å². The molecule has 4 aromatic rings. The summed E-state index contributed by atoms with van der Waals surface area (Å²) in [6.07, 6.45) is 3.16. The van der Waals surface area contributed by atoms with E-state index >= 15 is 0 Å². The second-order valence-electron chi connectivity index (χ2n) is 6.51. The number of hydrogen-bond acceptors (Lipinski definition) is 1. The van der Waals surface area contributed by atoms with Gasteiger partial charge in [0.15, 0.2) is 0 Å². The lowest BCUT2D eigenvalue weighted by Gasteiger charge is -2.28. The Labute approximate surface area is 150 Å². The first-order chi connectivity index (χ1) is 12.7. The molecule has 126 valence electrons. The molecule has 2 N–H and O–H groups in total. The van der Waals surface area contributed by atoms with Crippen LogP contribution in [0, 0.1) is 0 Å². The van der Waals surface area contributed by atoms with Crippen LogP contribution in [-0.4, -0.2) is 22.7 Å². The van der Waals surface area contributed by atoms with Gasteiger partial charge in [0, 0.05) is 28.2 Å². The quantitative estimate of drug-likeness (QED) is 0.490. The second kappa shape index (κ2) is 5.49. The van der Waals surface area contributed by atoms with Crippen molar-refractivity contribution < 1.29 is 9.90 Å². The lowest BCUT2D eigenvalue weighted by molar-refractivity contribution is 0.202. The number of aromatic nitrogens is 1. The minimum atomic E-state index is -0.938. The van der Waals surface area contributed by atoms with Crippen LogP contribution in [0.15, 0.2) is 66.9 Å². The molecular formula is C22H16N2O2. The van der Waals surface area contributed by atoms with Gasteiger partial charge in [-0.05, 0) is 34.6 Å². The Morgan fingerprint density at radius 1 is 0.962 bits per heavy atom. The summed E-state index contributed by atoms with van der Waals surface area (Å²) in [5, 5.41) is 13.0. The van der Waals surface area contributed by atoms with Crippen LogP contribution in [0.4, 0.5) is 10.5 Å². The number of carbonyl (C=O) groups is 1. The zero-order chi connectivity index (χ0) is 17.7. The number of nitrogens with zero attached hydrogens (tertiary/aromatic N) is 1. The molecule has 0 aliphatic carbocycles. The second-order valence-corrected chi connectivity index (χ2v) is 6.51. The molecule has 1 aromatic heterocycles. The number of H-pyrrole nitrogens is 1. The van der Waals surface area contributed by atoms with Gasteiger partial charge < -0.3 is 10.1 Å². The van der Waals surface area contributed by atoms with Crippen LogP contribution in [-0.2, 0) is 0 Å². The first-order valence-electron chi connectivity index (χ1n) is 8.51. The molecule has 4 nitrogen and oxygen atoms in total. The normalized spacial score (nSPS) is 13.7. The number of rotatable bonds is 1. The number of carboxylic acid groups (broad SMARTS) is 1. The SMILES string of the molecule is O=C(O)N1CC(c2c[nH]c3ccccc23)=Cc2c1ccc1ccccc21. The van der Waals surface area contributed by atoms with E-state index in [1.807, 2.05) is 54.7 Å². The lowest BCUT2D eigenvalue weighted by atomic mass is 9.93. The van der Waals surface area contributed by atoms with Gasteiger partial charge in [-0.15, -0.1) is 0 Å². The predicted molar refractivity (Wildman–Crippen MR) is 105 cm³/mol. The molecule has 4 heteroatoms. The Bertz CT molecular complexity index is 1200. The van der Waals surface area contributed by atoms with Crippen molar-refractivity contribution in [3.05, 3.63) is 78.0 Å². The van der Waals surface area contributed by atoms with Crippen molar-refractivity contribution in [2.45, 2.75) is 0 Å². The van der Waals surface area contributed by atoms with Gasteiger partial charge in [-0.2, -0.15) is 0 Å². The summed E-state index contributed by atoms with van der Waals surface area (Å²) in [5.74, 6) is 0. The summed E-state index contributed by atoms with van der Waals surface area (Å²) in [4.78, 5) is 16.6. The predicted octanol–water partition coefficient (Wildman–Crippen LogP) is 5.36. The van der Waals surface area contributed by atoms with Crippen LogP contribution in [0.25, 0.3) is 33.3 Å². The van der Waals surface area contributed by atoms with E-state index in [0.717, 1.165) is 44.1 Å². The summed E-state index contributed by atoms with van der Waals surface area (Å²) < 4.78 is 0. The first-order valence-corrected chi connectivity index (χ1v) is 8.51. The first kappa shape index (κ1) is 14.8. The largest absolute Gasteiger partial charge is 0.465 e. The fraction of sp³-hybridized carbons (Fsp3) is 0.0455. The van der Waals surface area contributed by atoms with E-state index in [0.29, 0.717) is 6.54 Å². The van der Waals surface area contributed by atoms with E-state index in [1.54, 1.807) is 0 Å². The van der Waals surface area contributed by atoms with Crippen LogP contribution in [0.2, 0.25) is 0 Å². The number of hydrogen-bond donors (Lipinski definition) is 2. The standard InChI is InChI=1S/C22H16N2O2/c25-22(26)24-13-15(19-12-23-20-8-4-3-7-17(19)20)11-18-16-6-2-1-5-14(16)9-10-21(18)24/h1-12,23H,13H2,(H,25,26). The highest BCUT2D eigenvalue weighted by molar-refractivity contribution is 6.10. The highest BCUT2D eigenvalue weighted by Gasteiger charge is 2.26. The molecule has 0 saturated carbocycles. The van der Waals surface area contributed by atoms with Gasteiger partial charge in [-0.3, -0.25) is 4.90 Å². The Hall–Kier alpha value is -3.53. The molecule has 0 spiro atoms. The van der Waals surface area contributed by atoms with E-state index in [-0.39, 0.29) is 0 Å². The van der Waals surface area contributed by atoms with Gasteiger partial charge in [-0.1, -0.05) is 48.5 Å². The minimum absolute atomic E-state index is 0.336. The van der Waals surface area contributed by atoms with E-state index in [9.17, 15) is 9.90 Å². The maximum atomic E-state index is 11.9. The number of fused-ring (bicyclic) bond motifs is 4. The fourth-order valence-corrected chi connectivity index (χ4v) is 3.82. The van der Waals surface area contributed by atoms with Gasteiger partial charge in [0.1, 0.15) is 0 Å². The third-order valence-electron chi connectivity index (χ3n) is 5.05. The molecule has 3 aromatic carbocycles. The van der Waals surface area contributed by atoms with Gasteiger partial charge in [0.25, 0.3) is 0 Å². The molecule has 1 amide bonds. The number of nitrogens with one attached hydrogen (secondary N) is 1. The Balaban J connectivity index is 1.79. The van der Waals surface area contributed by atoms with E-state index in [1.165, 1.54) is 4.90 Å². The smallest absolute Gasteiger partial charge is 0.412 e. The zero-order valence-corrected chi connectivity index (χ0v) is 13.9. The average molecular weight is 340 g/mol. The maximum absolute atomic E-state index is 11.9. The molecule has 0 bridgehead atoms. The van der Waals surface area contributed by atoms with Gasteiger partial charge >= 0.3 is 6.09 Å². The van der Waals surface area contributed by atoms with Crippen LogP contribution in [0.3, 0.4) is 0 Å². The van der Waals surface area contributed by atoms with Gasteiger partial charge in [0.2, 0.25) is 0 Å². The summed E-state index contributed by atoms with van der Waals surface area (Å²) in [6.45, 7) is 0.336. The number of anilines is 1. The molecule has 5 rings (SSSR count). The van der Waals surface area contributed by atoms with Gasteiger partial charge in [0.05, 0.1) is 12.2 Å². The number of aromatic amines is 1. The topological polar surface area (TPSA) is 56.3 Å². The Kier molecular flexibility index (Phi) is 3.12. The highest BCUT2D eigenvalue weighted by atomic mass is 16.4. The molecule has 1 aliphatic heterocycles. The molecule has 1 aliphatic rings. The number of benzene rings is 3. The minimum Gasteiger partial charge on any atom is -0.465 e. The zero-order valence-electron chi connectivity index (χ0n) is 13.9. The van der Waals surface area contributed by atoms with E-state index < -0.39 is 6.09 Å². The molecule has 0 atom stereocenters. The van der Waals surface area contributed by atoms with Gasteiger partial charge in [-0.25, -0.2) is 4.79 Å². The molecule has 0 radical (unpaired) electrons. The van der Waals surface area contributed by atoms with Crippen molar-refractivity contribution in [3.63, 3.8) is 0 Å². The number of para-hydroxylation sites is 1. The summed E-state index contributed by atoms with van der Waals surface area (Å²) in [6, 6.07) is 20.0. The molecule has 26 heavy (non-hydrogen) atoms. The summed E-state index contributed by atoms with van der Waals surface area (Å²) in [7, 11) is 0. The molecule has 0 unspecified atom stereocenters.